The second-order valence-corrected chi connectivity index (χ2v) is 5.96. The molecule has 0 atom stereocenters. The van der Waals surface area contributed by atoms with Crippen LogP contribution in [0.25, 0.3) is 10.6 Å². The molecule has 0 unspecified atom stereocenters. The SMILES string of the molecule is CCNCCNC(=O)Cc1csc(-c2cccc(C(F)(F)F)c2)n1.Cl.Cl. The van der Waals surface area contributed by atoms with Crippen molar-refractivity contribution in [1.82, 2.24) is 15.6 Å². The molecule has 2 rings (SSSR count). The lowest BCUT2D eigenvalue weighted by molar-refractivity contribution is -0.137. The Balaban J connectivity index is 0.00000312. The molecule has 0 aliphatic heterocycles. The number of nitrogens with zero attached hydrogens (tertiary/aromatic N) is 1. The van der Waals surface area contributed by atoms with Crippen molar-refractivity contribution in [3.8, 4) is 10.6 Å². The maximum Gasteiger partial charge on any atom is 0.416 e. The number of hydrogen-bond acceptors (Lipinski definition) is 4. The number of carbonyl (C=O) groups is 1. The number of amides is 1. The highest BCUT2D eigenvalue weighted by Crippen LogP contribution is 2.33. The van der Waals surface area contributed by atoms with Crippen LogP contribution in [0.4, 0.5) is 13.2 Å². The summed E-state index contributed by atoms with van der Waals surface area (Å²) in [7, 11) is 0. The predicted octanol–water partition coefficient (Wildman–Crippen LogP) is 3.94. The van der Waals surface area contributed by atoms with E-state index in [-0.39, 0.29) is 37.1 Å². The smallest absolute Gasteiger partial charge is 0.354 e. The van der Waals surface area contributed by atoms with E-state index in [1.165, 1.54) is 17.4 Å². The summed E-state index contributed by atoms with van der Waals surface area (Å²) >= 11 is 1.23. The number of likely N-dealkylation sites (N-methyl/N-ethyl adjacent to an activating group) is 1. The van der Waals surface area contributed by atoms with Gasteiger partial charge in [0, 0.05) is 24.0 Å². The van der Waals surface area contributed by atoms with E-state index in [2.05, 4.69) is 15.6 Å². The van der Waals surface area contributed by atoms with Crippen molar-refractivity contribution in [1.29, 1.82) is 0 Å². The summed E-state index contributed by atoms with van der Waals surface area (Å²) in [5, 5.41) is 8.01. The average Bonchev–Trinajstić information content (AvgIpc) is 2.99. The first kappa shape index (κ1) is 24.7. The Morgan fingerprint density at radius 1 is 1.23 bits per heavy atom. The van der Waals surface area contributed by atoms with Crippen LogP contribution < -0.4 is 10.6 Å². The quantitative estimate of drug-likeness (QED) is 0.655. The molecular weight excluding hydrogens is 410 g/mol. The molecule has 1 aromatic heterocycles. The van der Waals surface area contributed by atoms with E-state index in [0.29, 0.717) is 29.4 Å². The fourth-order valence-electron chi connectivity index (χ4n) is 2.04. The Morgan fingerprint density at radius 2 is 1.96 bits per heavy atom. The second kappa shape index (κ2) is 11.4. The average molecular weight is 430 g/mol. The third-order valence-electron chi connectivity index (χ3n) is 3.20. The topological polar surface area (TPSA) is 54.0 Å². The van der Waals surface area contributed by atoms with Crippen LogP contribution in [-0.4, -0.2) is 30.5 Å². The molecule has 0 aliphatic carbocycles. The van der Waals surface area contributed by atoms with Gasteiger partial charge >= 0.3 is 6.18 Å². The molecule has 0 fully saturated rings. The van der Waals surface area contributed by atoms with Crippen molar-refractivity contribution in [3.63, 3.8) is 0 Å². The Labute approximate surface area is 166 Å². The van der Waals surface area contributed by atoms with E-state index in [4.69, 9.17) is 0 Å². The first-order valence-electron chi connectivity index (χ1n) is 7.49. The Hall–Kier alpha value is -1.35. The second-order valence-electron chi connectivity index (χ2n) is 5.10. The van der Waals surface area contributed by atoms with Crippen molar-refractivity contribution >= 4 is 42.1 Å². The van der Waals surface area contributed by atoms with Crippen molar-refractivity contribution in [3.05, 3.63) is 40.9 Å². The zero-order chi connectivity index (χ0) is 17.6. The maximum atomic E-state index is 12.8. The fourth-order valence-corrected chi connectivity index (χ4v) is 2.86. The minimum Gasteiger partial charge on any atom is -0.354 e. The summed E-state index contributed by atoms with van der Waals surface area (Å²) in [5.41, 5.74) is 0.236. The van der Waals surface area contributed by atoms with Crippen molar-refractivity contribution in [2.45, 2.75) is 19.5 Å². The van der Waals surface area contributed by atoms with Crippen LogP contribution in [0.15, 0.2) is 29.6 Å². The number of thiazole rings is 1. The van der Waals surface area contributed by atoms with Gasteiger partial charge in [0.05, 0.1) is 17.7 Å². The molecule has 2 aromatic rings. The van der Waals surface area contributed by atoms with E-state index in [1.54, 1.807) is 11.4 Å². The van der Waals surface area contributed by atoms with Gasteiger partial charge in [0.1, 0.15) is 5.01 Å². The van der Waals surface area contributed by atoms with E-state index in [1.807, 2.05) is 6.92 Å². The van der Waals surface area contributed by atoms with E-state index in [0.717, 1.165) is 18.7 Å². The van der Waals surface area contributed by atoms with Gasteiger partial charge in [-0.2, -0.15) is 13.2 Å². The molecule has 0 aliphatic rings. The minimum absolute atomic E-state index is 0. The zero-order valence-corrected chi connectivity index (χ0v) is 16.4. The van der Waals surface area contributed by atoms with Crippen LogP contribution >= 0.6 is 36.2 Å². The molecule has 1 aromatic carbocycles. The molecule has 0 spiro atoms. The lowest BCUT2D eigenvalue weighted by atomic mass is 10.1. The number of alkyl halides is 3. The molecule has 1 heterocycles. The number of aromatic nitrogens is 1. The van der Waals surface area contributed by atoms with Crippen LogP contribution in [0.1, 0.15) is 18.2 Å². The molecule has 4 nitrogen and oxygen atoms in total. The summed E-state index contributed by atoms with van der Waals surface area (Å²) in [5.74, 6) is -0.159. The van der Waals surface area contributed by atoms with Gasteiger partial charge in [-0.25, -0.2) is 4.98 Å². The van der Waals surface area contributed by atoms with Crippen LogP contribution in [-0.2, 0) is 17.4 Å². The normalized spacial score (nSPS) is 10.6. The molecule has 0 saturated carbocycles. The summed E-state index contributed by atoms with van der Waals surface area (Å²) in [6, 6.07) is 5.02. The van der Waals surface area contributed by atoms with E-state index >= 15 is 0 Å². The maximum absolute atomic E-state index is 12.8. The Bertz CT molecular complexity index is 695. The van der Waals surface area contributed by atoms with Crippen LogP contribution in [0.2, 0.25) is 0 Å². The van der Waals surface area contributed by atoms with Crippen LogP contribution in [0.3, 0.4) is 0 Å². The van der Waals surface area contributed by atoms with Gasteiger partial charge in [0.25, 0.3) is 0 Å². The summed E-state index contributed by atoms with van der Waals surface area (Å²) < 4.78 is 38.3. The van der Waals surface area contributed by atoms with E-state index in [9.17, 15) is 18.0 Å². The molecule has 1 amide bonds. The number of halogens is 5. The van der Waals surface area contributed by atoms with Crippen LogP contribution in [0.5, 0.6) is 0 Å². The van der Waals surface area contributed by atoms with E-state index < -0.39 is 11.7 Å². The largest absolute Gasteiger partial charge is 0.416 e. The third kappa shape index (κ3) is 7.49. The number of nitrogens with one attached hydrogen (secondary N) is 2. The molecule has 2 N–H and O–H groups in total. The summed E-state index contributed by atoms with van der Waals surface area (Å²) in [4.78, 5) is 16.0. The predicted molar refractivity (Wildman–Crippen MR) is 102 cm³/mol. The molecule has 0 saturated heterocycles. The molecule has 26 heavy (non-hydrogen) atoms. The number of rotatable bonds is 7. The Morgan fingerprint density at radius 3 is 2.62 bits per heavy atom. The van der Waals surface area contributed by atoms with Gasteiger partial charge in [-0.1, -0.05) is 19.1 Å². The highest BCUT2D eigenvalue weighted by atomic mass is 35.5. The zero-order valence-electron chi connectivity index (χ0n) is 13.9. The highest BCUT2D eigenvalue weighted by Gasteiger charge is 2.30. The number of carbonyl (C=O) groups excluding carboxylic acids is 1. The highest BCUT2D eigenvalue weighted by molar-refractivity contribution is 7.13. The lowest BCUT2D eigenvalue weighted by Gasteiger charge is -2.07. The first-order chi connectivity index (χ1) is 11.4. The fraction of sp³-hybridized carbons (Fsp3) is 0.375. The molecular formula is C16H20Cl2F3N3OS. The van der Waals surface area contributed by atoms with Gasteiger partial charge in [-0.05, 0) is 18.7 Å². The van der Waals surface area contributed by atoms with Crippen LogP contribution in [0, 0.1) is 0 Å². The van der Waals surface area contributed by atoms with Gasteiger partial charge in [-0.15, -0.1) is 36.2 Å². The summed E-state index contributed by atoms with van der Waals surface area (Å²) in [6.45, 7) is 4.03. The molecule has 10 heteroatoms. The minimum atomic E-state index is -4.39. The standard InChI is InChI=1S/C16H18F3N3OS.2ClH/c1-2-20-6-7-21-14(23)9-13-10-24-15(22-13)11-4-3-5-12(8-11)16(17,18)19;;/h3-5,8,10,20H,2,6-7,9H2,1H3,(H,21,23);2*1H. The van der Waals surface area contributed by atoms with Crippen molar-refractivity contribution in [2.75, 3.05) is 19.6 Å². The third-order valence-corrected chi connectivity index (χ3v) is 4.14. The summed E-state index contributed by atoms with van der Waals surface area (Å²) in [6.07, 6.45) is -4.27. The lowest BCUT2D eigenvalue weighted by Crippen LogP contribution is -2.32. The molecule has 0 bridgehead atoms. The molecule has 146 valence electrons. The number of benzene rings is 1. The van der Waals surface area contributed by atoms with Crippen molar-refractivity contribution < 1.29 is 18.0 Å². The van der Waals surface area contributed by atoms with Gasteiger partial charge in [0.2, 0.25) is 5.91 Å². The number of hydrogen-bond donors (Lipinski definition) is 2. The Kier molecular flexibility index (Phi) is 10.8. The van der Waals surface area contributed by atoms with Gasteiger partial charge in [-0.3, -0.25) is 4.79 Å². The van der Waals surface area contributed by atoms with Crippen molar-refractivity contribution in [2.24, 2.45) is 0 Å². The van der Waals surface area contributed by atoms with Gasteiger partial charge in [0.15, 0.2) is 0 Å². The first-order valence-corrected chi connectivity index (χ1v) is 8.37. The monoisotopic (exact) mass is 429 g/mol. The molecule has 0 radical (unpaired) electrons. The van der Waals surface area contributed by atoms with Gasteiger partial charge < -0.3 is 10.6 Å².